The van der Waals surface area contributed by atoms with Crippen molar-refractivity contribution in [3.8, 4) is 0 Å². The number of aliphatic hydroxyl groups excluding tert-OH is 3. The van der Waals surface area contributed by atoms with Gasteiger partial charge in [-0.1, -0.05) is 34.8 Å². The SMILES string of the molecule is N=C(O[C@H]1OC[C@@H](O)[C@H](O)[C@H]1O)C(Cl)(Cl)Cl. The van der Waals surface area contributed by atoms with E-state index in [0.29, 0.717) is 0 Å². The molecule has 1 saturated heterocycles. The van der Waals surface area contributed by atoms with Gasteiger partial charge in [0.05, 0.1) is 6.61 Å². The summed E-state index contributed by atoms with van der Waals surface area (Å²) in [5.41, 5.74) is 0. The predicted molar refractivity (Wildman–Crippen MR) is 56.9 cm³/mol. The first-order chi connectivity index (χ1) is 7.23. The van der Waals surface area contributed by atoms with Crippen LogP contribution in [0.25, 0.3) is 0 Å². The molecule has 1 rings (SSSR count). The first-order valence-corrected chi connectivity index (χ1v) is 5.35. The van der Waals surface area contributed by atoms with Gasteiger partial charge < -0.3 is 24.8 Å². The molecule has 0 unspecified atom stereocenters. The Morgan fingerprint density at radius 3 is 2.31 bits per heavy atom. The van der Waals surface area contributed by atoms with Crippen molar-refractivity contribution in [1.82, 2.24) is 0 Å². The molecule has 1 aliphatic rings. The number of nitrogens with one attached hydrogen (secondary N) is 1. The minimum atomic E-state index is -2.08. The lowest BCUT2D eigenvalue weighted by Crippen LogP contribution is -2.54. The summed E-state index contributed by atoms with van der Waals surface area (Å²) >= 11 is 16.0. The Bertz CT molecular complexity index is 271. The van der Waals surface area contributed by atoms with Crippen molar-refractivity contribution in [1.29, 1.82) is 5.41 Å². The van der Waals surface area contributed by atoms with Crippen molar-refractivity contribution in [2.45, 2.75) is 28.4 Å². The van der Waals surface area contributed by atoms with E-state index in [9.17, 15) is 10.2 Å². The van der Waals surface area contributed by atoms with Gasteiger partial charge in [0.25, 0.3) is 3.79 Å². The maximum Gasteiger partial charge on any atom is 0.265 e. The van der Waals surface area contributed by atoms with Crippen LogP contribution in [0.1, 0.15) is 0 Å². The van der Waals surface area contributed by atoms with Gasteiger partial charge in [0.2, 0.25) is 12.2 Å². The number of hydrogen-bond acceptors (Lipinski definition) is 6. The Balaban J connectivity index is 2.59. The molecular weight excluding hydrogens is 284 g/mol. The van der Waals surface area contributed by atoms with Crippen LogP contribution in [0.5, 0.6) is 0 Å². The lowest BCUT2D eigenvalue weighted by Gasteiger charge is -2.35. The molecule has 0 amide bonds. The van der Waals surface area contributed by atoms with E-state index < -0.39 is 34.3 Å². The summed E-state index contributed by atoms with van der Waals surface area (Å²) in [5, 5.41) is 35.1. The molecule has 9 heteroatoms. The summed E-state index contributed by atoms with van der Waals surface area (Å²) in [6.45, 7) is -0.254. The molecule has 0 aromatic heterocycles. The number of hydrogen-bond donors (Lipinski definition) is 4. The topological polar surface area (TPSA) is 103 Å². The lowest BCUT2D eigenvalue weighted by atomic mass is 10.1. The van der Waals surface area contributed by atoms with Crippen LogP contribution in [-0.4, -0.2) is 56.2 Å². The zero-order valence-corrected chi connectivity index (χ0v) is 10.1. The van der Waals surface area contributed by atoms with E-state index in [1.54, 1.807) is 0 Å². The zero-order chi connectivity index (χ0) is 12.5. The third kappa shape index (κ3) is 3.33. The van der Waals surface area contributed by atoms with Crippen molar-refractivity contribution in [3.05, 3.63) is 0 Å². The third-order valence-electron chi connectivity index (χ3n) is 1.95. The maximum absolute atomic E-state index is 9.44. The summed E-state index contributed by atoms with van der Waals surface area (Å²) in [6, 6.07) is 0. The second kappa shape index (κ2) is 5.22. The second-order valence-corrected chi connectivity index (χ2v) is 5.48. The minimum Gasteiger partial charge on any atom is -0.445 e. The molecule has 1 heterocycles. The van der Waals surface area contributed by atoms with E-state index in [2.05, 4.69) is 0 Å². The highest BCUT2D eigenvalue weighted by Gasteiger charge is 2.41. The van der Waals surface area contributed by atoms with E-state index in [-0.39, 0.29) is 6.61 Å². The number of rotatable bonds is 1. The first kappa shape index (κ1) is 14.2. The van der Waals surface area contributed by atoms with Gasteiger partial charge in [0, 0.05) is 0 Å². The van der Waals surface area contributed by atoms with Crippen LogP contribution in [0.2, 0.25) is 0 Å². The van der Waals surface area contributed by atoms with Crippen molar-refractivity contribution in [2.75, 3.05) is 6.61 Å². The third-order valence-corrected chi connectivity index (χ3v) is 2.46. The first-order valence-electron chi connectivity index (χ1n) is 4.21. The van der Waals surface area contributed by atoms with Gasteiger partial charge >= 0.3 is 0 Å². The molecule has 4 atom stereocenters. The van der Waals surface area contributed by atoms with Crippen LogP contribution < -0.4 is 0 Å². The smallest absolute Gasteiger partial charge is 0.265 e. The van der Waals surface area contributed by atoms with Crippen LogP contribution in [0.3, 0.4) is 0 Å². The van der Waals surface area contributed by atoms with Gasteiger partial charge in [-0.2, -0.15) is 0 Å². The molecule has 0 spiro atoms. The highest BCUT2D eigenvalue weighted by atomic mass is 35.6. The van der Waals surface area contributed by atoms with Crippen molar-refractivity contribution < 1.29 is 24.8 Å². The molecule has 94 valence electrons. The van der Waals surface area contributed by atoms with Gasteiger partial charge in [0.1, 0.15) is 18.3 Å². The minimum absolute atomic E-state index is 0.254. The molecule has 4 N–H and O–H groups in total. The number of halogens is 3. The van der Waals surface area contributed by atoms with Gasteiger partial charge in [-0.3, -0.25) is 5.41 Å². The highest BCUT2D eigenvalue weighted by Crippen LogP contribution is 2.29. The summed E-state index contributed by atoms with van der Waals surface area (Å²) in [4.78, 5) is 0. The number of aliphatic hydroxyl groups is 3. The molecule has 0 radical (unpaired) electrons. The molecule has 16 heavy (non-hydrogen) atoms. The quantitative estimate of drug-likeness (QED) is 0.304. The second-order valence-electron chi connectivity index (χ2n) is 3.19. The summed E-state index contributed by atoms with van der Waals surface area (Å²) in [6.07, 6.45) is -5.56. The normalized spacial score (nSPS) is 35.9. The Morgan fingerprint density at radius 1 is 1.25 bits per heavy atom. The Morgan fingerprint density at radius 2 is 1.81 bits per heavy atom. The van der Waals surface area contributed by atoms with Crippen LogP contribution in [0.15, 0.2) is 0 Å². The summed E-state index contributed by atoms with van der Waals surface area (Å²) in [7, 11) is 0. The summed E-state index contributed by atoms with van der Waals surface area (Å²) < 4.78 is 7.49. The zero-order valence-electron chi connectivity index (χ0n) is 7.81. The average Bonchev–Trinajstić information content (AvgIpc) is 2.17. The fraction of sp³-hybridized carbons (Fsp3) is 0.857. The van der Waals surface area contributed by atoms with E-state index in [4.69, 9.17) is 54.8 Å². The van der Waals surface area contributed by atoms with E-state index >= 15 is 0 Å². The van der Waals surface area contributed by atoms with Gasteiger partial charge in [-0.25, -0.2) is 0 Å². The molecule has 0 aromatic carbocycles. The van der Waals surface area contributed by atoms with Crippen LogP contribution >= 0.6 is 34.8 Å². The van der Waals surface area contributed by atoms with Crippen molar-refractivity contribution in [3.63, 3.8) is 0 Å². The summed E-state index contributed by atoms with van der Waals surface area (Å²) in [5.74, 6) is -0.745. The van der Waals surface area contributed by atoms with Crippen molar-refractivity contribution in [2.24, 2.45) is 0 Å². The van der Waals surface area contributed by atoms with Crippen LogP contribution in [0.4, 0.5) is 0 Å². The predicted octanol–water partition coefficient (Wildman–Crippen LogP) is -0.211. The van der Waals surface area contributed by atoms with Crippen molar-refractivity contribution >= 4 is 40.7 Å². The standard InChI is InChI=1S/C7H10Cl3NO5/c8-7(9,10)6(11)16-5-4(14)3(13)2(12)1-15-5/h2-5,11-14H,1H2/t2-,3+,4-,5-/m1/s1. The van der Waals surface area contributed by atoms with Crippen LogP contribution in [-0.2, 0) is 9.47 Å². The van der Waals surface area contributed by atoms with Gasteiger partial charge in [-0.15, -0.1) is 0 Å². The van der Waals surface area contributed by atoms with E-state index in [1.807, 2.05) is 0 Å². The highest BCUT2D eigenvalue weighted by molar-refractivity contribution is 6.76. The molecule has 0 aromatic rings. The lowest BCUT2D eigenvalue weighted by molar-refractivity contribution is -0.246. The Labute approximate surface area is 106 Å². The van der Waals surface area contributed by atoms with Crippen LogP contribution in [0, 0.1) is 5.41 Å². The fourth-order valence-electron chi connectivity index (χ4n) is 1.07. The molecule has 1 fully saturated rings. The Hall–Kier alpha value is 0.180. The molecular formula is C7H10Cl3NO5. The maximum atomic E-state index is 9.44. The van der Waals surface area contributed by atoms with E-state index in [0.717, 1.165) is 0 Å². The van der Waals surface area contributed by atoms with E-state index in [1.165, 1.54) is 0 Å². The Kier molecular flexibility index (Phi) is 4.65. The molecule has 0 aliphatic carbocycles. The number of alkyl halides is 3. The fourth-order valence-corrected chi connectivity index (χ4v) is 1.20. The average molecular weight is 295 g/mol. The monoisotopic (exact) mass is 293 g/mol. The molecule has 6 nitrogen and oxygen atoms in total. The molecule has 1 aliphatic heterocycles. The van der Waals surface area contributed by atoms with Gasteiger partial charge in [0.15, 0.2) is 0 Å². The van der Waals surface area contributed by atoms with Gasteiger partial charge in [-0.05, 0) is 0 Å². The largest absolute Gasteiger partial charge is 0.445 e. The molecule has 0 bridgehead atoms. The number of ether oxygens (including phenoxy) is 2. The molecule has 0 saturated carbocycles.